The minimum Gasteiger partial charge on any atom is -0.392 e. The maximum absolute atomic E-state index is 12.0. The molecule has 1 saturated heterocycles. The average Bonchev–Trinajstić information content (AvgIpc) is 2.41. The summed E-state index contributed by atoms with van der Waals surface area (Å²) in [4.78, 5) is 12.0. The van der Waals surface area contributed by atoms with Gasteiger partial charge in [0.25, 0.3) is 0 Å². The van der Waals surface area contributed by atoms with Gasteiger partial charge >= 0.3 is 0 Å². The highest BCUT2D eigenvalue weighted by Gasteiger charge is 2.35. The van der Waals surface area contributed by atoms with Crippen LogP contribution in [0.5, 0.6) is 0 Å². The van der Waals surface area contributed by atoms with Crippen LogP contribution in [0.15, 0.2) is 0 Å². The molecular weight excluding hydrogens is 240 g/mol. The number of amides is 1. The maximum atomic E-state index is 12.0. The topological polar surface area (TPSA) is 61.4 Å². The highest BCUT2D eigenvalue weighted by molar-refractivity contribution is 5.76. The van der Waals surface area contributed by atoms with E-state index in [0.29, 0.717) is 18.9 Å². The van der Waals surface area contributed by atoms with Crippen LogP contribution in [0.2, 0.25) is 0 Å². The molecule has 1 aliphatic heterocycles. The van der Waals surface area contributed by atoms with E-state index in [2.05, 4.69) is 17.6 Å². The lowest BCUT2D eigenvalue weighted by molar-refractivity contribution is -0.123. The molecule has 110 valence electrons. The second-order valence-corrected chi connectivity index (χ2v) is 6.59. The fourth-order valence-electron chi connectivity index (χ4n) is 3.31. The van der Waals surface area contributed by atoms with Crippen molar-refractivity contribution in [3.63, 3.8) is 0 Å². The largest absolute Gasteiger partial charge is 0.392 e. The minimum atomic E-state index is -0.263. The van der Waals surface area contributed by atoms with Gasteiger partial charge in [0.05, 0.1) is 6.10 Å². The van der Waals surface area contributed by atoms with Crippen LogP contribution in [0.25, 0.3) is 0 Å². The zero-order valence-corrected chi connectivity index (χ0v) is 12.1. The lowest BCUT2D eigenvalue weighted by atomic mass is 9.73. The van der Waals surface area contributed by atoms with E-state index < -0.39 is 0 Å². The molecular formula is C15H28N2O2. The molecule has 1 aliphatic carbocycles. The van der Waals surface area contributed by atoms with Crippen LogP contribution < -0.4 is 10.6 Å². The van der Waals surface area contributed by atoms with E-state index in [9.17, 15) is 9.90 Å². The Kier molecular flexibility index (Phi) is 5.22. The molecule has 0 bridgehead atoms. The Labute approximate surface area is 116 Å². The number of aliphatic hydroxyl groups is 1. The van der Waals surface area contributed by atoms with Crippen LogP contribution in [0.1, 0.15) is 51.9 Å². The predicted octanol–water partition coefficient (Wildman–Crippen LogP) is 1.43. The minimum absolute atomic E-state index is 0.123. The lowest BCUT2D eigenvalue weighted by Gasteiger charge is -2.38. The molecule has 19 heavy (non-hydrogen) atoms. The van der Waals surface area contributed by atoms with Gasteiger partial charge in [-0.25, -0.2) is 0 Å². The Morgan fingerprint density at radius 2 is 2.05 bits per heavy atom. The number of hydrogen-bond donors (Lipinski definition) is 3. The Balaban J connectivity index is 1.73. The van der Waals surface area contributed by atoms with Crippen LogP contribution in [0, 0.1) is 11.3 Å². The fourth-order valence-corrected chi connectivity index (χ4v) is 3.31. The summed E-state index contributed by atoms with van der Waals surface area (Å²) in [7, 11) is 0. The van der Waals surface area contributed by atoms with Crippen LogP contribution in [-0.2, 0) is 4.79 Å². The molecule has 2 atom stereocenters. The first-order valence-corrected chi connectivity index (χ1v) is 7.76. The molecule has 2 aliphatic rings. The highest BCUT2D eigenvalue weighted by Crippen LogP contribution is 2.35. The summed E-state index contributed by atoms with van der Waals surface area (Å²) in [5.74, 6) is 0.691. The number of carbonyl (C=O) groups is 1. The van der Waals surface area contributed by atoms with Gasteiger partial charge in [-0.3, -0.25) is 4.79 Å². The molecule has 1 amide bonds. The number of carbonyl (C=O) groups excluding carboxylic acids is 1. The Hall–Kier alpha value is -0.610. The molecule has 1 heterocycles. The van der Waals surface area contributed by atoms with Gasteiger partial charge in [0.15, 0.2) is 0 Å². The standard InChI is InChI=1S/C15H28N2O2/c1-15(7-3-2-4-13(15)18)11-17-14(19)10-12-5-8-16-9-6-12/h12-13,16,18H,2-11H2,1H3,(H,17,19). The number of piperidine rings is 1. The van der Waals surface area contributed by atoms with Gasteiger partial charge in [-0.15, -0.1) is 0 Å². The Morgan fingerprint density at radius 1 is 1.32 bits per heavy atom. The molecule has 2 rings (SSSR count). The smallest absolute Gasteiger partial charge is 0.220 e. The molecule has 4 nitrogen and oxygen atoms in total. The third-order valence-corrected chi connectivity index (χ3v) is 4.90. The normalized spacial score (nSPS) is 33.1. The zero-order chi connectivity index (χ0) is 13.7. The van der Waals surface area contributed by atoms with Crippen LogP contribution in [0.4, 0.5) is 0 Å². The average molecular weight is 268 g/mol. The van der Waals surface area contributed by atoms with Crippen molar-refractivity contribution in [2.24, 2.45) is 11.3 Å². The second kappa shape index (κ2) is 6.71. The van der Waals surface area contributed by atoms with Crippen molar-refractivity contribution in [2.75, 3.05) is 19.6 Å². The van der Waals surface area contributed by atoms with Crippen molar-refractivity contribution in [2.45, 2.75) is 58.0 Å². The van der Waals surface area contributed by atoms with Gasteiger partial charge in [0, 0.05) is 18.4 Å². The van der Waals surface area contributed by atoms with E-state index in [-0.39, 0.29) is 17.4 Å². The molecule has 1 saturated carbocycles. The summed E-state index contributed by atoms with van der Waals surface area (Å²) in [6.07, 6.45) is 6.76. The van der Waals surface area contributed by atoms with E-state index in [1.165, 1.54) is 0 Å². The second-order valence-electron chi connectivity index (χ2n) is 6.59. The molecule has 0 aromatic rings. The molecule has 0 spiro atoms. The summed E-state index contributed by atoms with van der Waals surface area (Å²) in [5, 5.41) is 16.5. The maximum Gasteiger partial charge on any atom is 0.220 e. The first-order valence-electron chi connectivity index (χ1n) is 7.76. The highest BCUT2D eigenvalue weighted by atomic mass is 16.3. The first-order chi connectivity index (χ1) is 9.10. The Bertz CT molecular complexity index is 303. The van der Waals surface area contributed by atoms with Crippen molar-refractivity contribution in [3.05, 3.63) is 0 Å². The van der Waals surface area contributed by atoms with E-state index >= 15 is 0 Å². The van der Waals surface area contributed by atoms with Crippen molar-refractivity contribution in [1.29, 1.82) is 0 Å². The van der Waals surface area contributed by atoms with E-state index in [4.69, 9.17) is 0 Å². The molecule has 2 unspecified atom stereocenters. The lowest BCUT2D eigenvalue weighted by Crippen LogP contribution is -2.45. The van der Waals surface area contributed by atoms with Crippen LogP contribution in [-0.4, -0.2) is 36.8 Å². The van der Waals surface area contributed by atoms with Crippen LogP contribution >= 0.6 is 0 Å². The van der Waals surface area contributed by atoms with E-state index in [1.54, 1.807) is 0 Å². The quantitative estimate of drug-likeness (QED) is 0.723. The van der Waals surface area contributed by atoms with Crippen molar-refractivity contribution in [1.82, 2.24) is 10.6 Å². The summed E-state index contributed by atoms with van der Waals surface area (Å²) < 4.78 is 0. The monoisotopic (exact) mass is 268 g/mol. The van der Waals surface area contributed by atoms with Crippen molar-refractivity contribution in [3.8, 4) is 0 Å². The van der Waals surface area contributed by atoms with Gasteiger partial charge in [0.1, 0.15) is 0 Å². The third kappa shape index (κ3) is 4.18. The Morgan fingerprint density at radius 3 is 2.74 bits per heavy atom. The number of nitrogens with one attached hydrogen (secondary N) is 2. The molecule has 3 N–H and O–H groups in total. The molecule has 0 aromatic carbocycles. The molecule has 0 radical (unpaired) electrons. The third-order valence-electron chi connectivity index (χ3n) is 4.90. The van der Waals surface area contributed by atoms with Gasteiger partial charge in [0.2, 0.25) is 5.91 Å². The molecule has 4 heteroatoms. The van der Waals surface area contributed by atoms with Crippen LogP contribution in [0.3, 0.4) is 0 Å². The van der Waals surface area contributed by atoms with E-state index in [1.807, 2.05) is 0 Å². The first kappa shape index (κ1) is 14.8. The van der Waals surface area contributed by atoms with Gasteiger partial charge in [-0.2, -0.15) is 0 Å². The summed E-state index contributed by atoms with van der Waals surface area (Å²) >= 11 is 0. The summed E-state index contributed by atoms with van der Waals surface area (Å²) in [5.41, 5.74) is -0.123. The zero-order valence-electron chi connectivity index (χ0n) is 12.1. The number of hydrogen-bond acceptors (Lipinski definition) is 3. The van der Waals surface area contributed by atoms with E-state index in [0.717, 1.165) is 51.6 Å². The predicted molar refractivity (Wildman–Crippen MR) is 75.8 cm³/mol. The number of rotatable bonds is 4. The SMILES string of the molecule is CC1(CNC(=O)CC2CCNCC2)CCCCC1O. The summed E-state index contributed by atoms with van der Waals surface area (Å²) in [6, 6.07) is 0. The number of aliphatic hydroxyl groups excluding tert-OH is 1. The molecule has 0 aromatic heterocycles. The van der Waals surface area contributed by atoms with Gasteiger partial charge in [-0.05, 0) is 44.7 Å². The fraction of sp³-hybridized carbons (Fsp3) is 0.933. The summed E-state index contributed by atoms with van der Waals surface area (Å²) in [6.45, 7) is 4.79. The van der Waals surface area contributed by atoms with Gasteiger partial charge in [-0.1, -0.05) is 19.8 Å². The van der Waals surface area contributed by atoms with Gasteiger partial charge < -0.3 is 15.7 Å². The van der Waals surface area contributed by atoms with Crippen molar-refractivity contribution >= 4 is 5.91 Å². The van der Waals surface area contributed by atoms with Crippen molar-refractivity contribution < 1.29 is 9.90 Å². The molecule has 2 fully saturated rings.